The molecule has 0 N–H and O–H groups in total. The SMILES string of the molecule is c1ccc(Sc2ccc(N3CSc4ccccc43)cc2)cc1. The first-order chi connectivity index (χ1) is 10.9. The normalized spacial score (nSPS) is 13.2. The predicted octanol–water partition coefficient (Wildman–Crippen LogP) is 6.04. The van der Waals surface area contributed by atoms with E-state index >= 15 is 0 Å². The highest BCUT2D eigenvalue weighted by molar-refractivity contribution is 8.00. The number of fused-ring (bicyclic) bond motifs is 1. The molecule has 4 rings (SSSR count). The number of nitrogens with zero attached hydrogens (tertiary/aromatic N) is 1. The van der Waals surface area contributed by atoms with Gasteiger partial charge in [-0.3, -0.25) is 0 Å². The average Bonchev–Trinajstić information content (AvgIpc) is 3.01. The van der Waals surface area contributed by atoms with Crippen LogP contribution in [0.4, 0.5) is 11.4 Å². The number of thioether (sulfide) groups is 1. The van der Waals surface area contributed by atoms with Gasteiger partial charge in [0.1, 0.15) is 0 Å². The Morgan fingerprint density at radius 3 is 2.23 bits per heavy atom. The van der Waals surface area contributed by atoms with Crippen molar-refractivity contribution in [3.8, 4) is 0 Å². The minimum absolute atomic E-state index is 0.991. The second-order valence-electron chi connectivity index (χ2n) is 5.08. The maximum absolute atomic E-state index is 2.37. The molecule has 0 atom stereocenters. The van der Waals surface area contributed by atoms with Crippen LogP contribution in [0.1, 0.15) is 0 Å². The van der Waals surface area contributed by atoms with E-state index in [1.807, 2.05) is 11.8 Å². The second kappa shape index (κ2) is 6.11. The molecule has 0 saturated carbocycles. The smallest absolute Gasteiger partial charge is 0.0735 e. The maximum Gasteiger partial charge on any atom is 0.0735 e. The third kappa shape index (κ3) is 2.74. The predicted molar refractivity (Wildman–Crippen MR) is 96.3 cm³/mol. The number of para-hydroxylation sites is 1. The van der Waals surface area contributed by atoms with Crippen molar-refractivity contribution < 1.29 is 0 Å². The number of rotatable bonds is 3. The minimum Gasteiger partial charge on any atom is -0.330 e. The van der Waals surface area contributed by atoms with Gasteiger partial charge in [-0.15, -0.1) is 11.8 Å². The van der Waals surface area contributed by atoms with Crippen molar-refractivity contribution >= 4 is 34.9 Å². The molecule has 1 aliphatic rings. The Balaban J connectivity index is 1.56. The van der Waals surface area contributed by atoms with Gasteiger partial charge in [-0.25, -0.2) is 0 Å². The van der Waals surface area contributed by atoms with Crippen LogP contribution in [0, 0.1) is 0 Å². The summed E-state index contributed by atoms with van der Waals surface area (Å²) in [5.41, 5.74) is 2.57. The molecule has 1 aliphatic heterocycles. The van der Waals surface area contributed by atoms with Crippen molar-refractivity contribution in [2.75, 3.05) is 10.8 Å². The van der Waals surface area contributed by atoms with Crippen LogP contribution in [-0.4, -0.2) is 5.88 Å². The van der Waals surface area contributed by atoms with E-state index < -0.39 is 0 Å². The summed E-state index contributed by atoms with van der Waals surface area (Å²) in [7, 11) is 0. The van der Waals surface area contributed by atoms with Crippen LogP contribution in [-0.2, 0) is 0 Å². The van der Waals surface area contributed by atoms with Crippen molar-refractivity contribution in [2.45, 2.75) is 14.7 Å². The maximum atomic E-state index is 2.37. The quantitative estimate of drug-likeness (QED) is 0.579. The molecule has 3 aromatic rings. The van der Waals surface area contributed by atoms with Gasteiger partial charge in [-0.05, 0) is 48.5 Å². The van der Waals surface area contributed by atoms with Gasteiger partial charge in [0.2, 0.25) is 0 Å². The Kier molecular flexibility index (Phi) is 3.83. The van der Waals surface area contributed by atoms with E-state index in [9.17, 15) is 0 Å². The lowest BCUT2D eigenvalue weighted by Gasteiger charge is -2.18. The molecular formula is C19H15NS2. The van der Waals surface area contributed by atoms with Crippen LogP contribution in [0.25, 0.3) is 0 Å². The highest BCUT2D eigenvalue weighted by Crippen LogP contribution is 2.42. The Bertz CT molecular complexity index is 769. The van der Waals surface area contributed by atoms with E-state index in [1.165, 1.54) is 26.1 Å². The molecule has 0 aliphatic carbocycles. The Hall–Kier alpha value is -1.84. The first-order valence-corrected chi connectivity index (χ1v) is 9.03. The summed E-state index contributed by atoms with van der Waals surface area (Å²) in [6, 6.07) is 27.9. The van der Waals surface area contributed by atoms with Crippen LogP contribution >= 0.6 is 23.5 Å². The monoisotopic (exact) mass is 321 g/mol. The summed E-state index contributed by atoms with van der Waals surface area (Å²) < 4.78 is 0. The highest BCUT2D eigenvalue weighted by atomic mass is 32.2. The summed E-state index contributed by atoms with van der Waals surface area (Å²) in [6.07, 6.45) is 0. The fourth-order valence-electron chi connectivity index (χ4n) is 2.54. The molecule has 0 fully saturated rings. The largest absolute Gasteiger partial charge is 0.330 e. The van der Waals surface area contributed by atoms with Crippen molar-refractivity contribution in [2.24, 2.45) is 0 Å². The van der Waals surface area contributed by atoms with Gasteiger partial charge in [-0.1, -0.05) is 42.1 Å². The molecule has 3 heteroatoms. The molecule has 0 amide bonds. The fraction of sp³-hybridized carbons (Fsp3) is 0.0526. The van der Waals surface area contributed by atoms with Crippen molar-refractivity contribution in [1.29, 1.82) is 0 Å². The number of hydrogen-bond donors (Lipinski definition) is 0. The molecular weight excluding hydrogens is 306 g/mol. The third-order valence-electron chi connectivity index (χ3n) is 3.63. The lowest BCUT2D eigenvalue weighted by atomic mass is 10.2. The average molecular weight is 321 g/mol. The first kappa shape index (κ1) is 13.8. The zero-order valence-corrected chi connectivity index (χ0v) is 13.6. The van der Waals surface area contributed by atoms with Crippen molar-refractivity contribution in [3.63, 3.8) is 0 Å². The van der Waals surface area contributed by atoms with Gasteiger partial charge in [0, 0.05) is 20.4 Å². The zero-order chi connectivity index (χ0) is 14.8. The van der Waals surface area contributed by atoms with E-state index in [0.29, 0.717) is 0 Å². The fourth-order valence-corrected chi connectivity index (χ4v) is 4.43. The van der Waals surface area contributed by atoms with Gasteiger partial charge < -0.3 is 4.90 Å². The summed E-state index contributed by atoms with van der Waals surface area (Å²) >= 11 is 3.70. The Morgan fingerprint density at radius 1 is 0.727 bits per heavy atom. The topological polar surface area (TPSA) is 3.24 Å². The van der Waals surface area contributed by atoms with Crippen LogP contribution in [0.3, 0.4) is 0 Å². The minimum atomic E-state index is 0.991. The van der Waals surface area contributed by atoms with E-state index in [2.05, 4.69) is 83.8 Å². The van der Waals surface area contributed by atoms with Crippen molar-refractivity contribution in [3.05, 3.63) is 78.9 Å². The lowest BCUT2D eigenvalue weighted by molar-refractivity contribution is 1.17. The van der Waals surface area contributed by atoms with E-state index in [0.717, 1.165) is 5.88 Å². The summed E-state index contributed by atoms with van der Waals surface area (Å²) in [4.78, 5) is 6.29. The number of hydrogen-bond acceptors (Lipinski definition) is 3. The van der Waals surface area contributed by atoms with Gasteiger partial charge in [0.05, 0.1) is 11.6 Å². The van der Waals surface area contributed by atoms with E-state index in [4.69, 9.17) is 0 Å². The Morgan fingerprint density at radius 2 is 1.41 bits per heavy atom. The third-order valence-corrected chi connectivity index (χ3v) is 5.69. The van der Waals surface area contributed by atoms with Crippen LogP contribution in [0.15, 0.2) is 93.5 Å². The Labute approximate surface area is 139 Å². The summed E-state index contributed by atoms with van der Waals surface area (Å²) in [5.74, 6) is 0.991. The van der Waals surface area contributed by atoms with Gasteiger partial charge in [0.25, 0.3) is 0 Å². The number of anilines is 2. The molecule has 108 valence electrons. The van der Waals surface area contributed by atoms with Crippen LogP contribution in [0.5, 0.6) is 0 Å². The molecule has 22 heavy (non-hydrogen) atoms. The van der Waals surface area contributed by atoms with Gasteiger partial charge in [-0.2, -0.15) is 0 Å². The lowest BCUT2D eigenvalue weighted by Crippen LogP contribution is -2.11. The van der Waals surface area contributed by atoms with Crippen LogP contribution in [0.2, 0.25) is 0 Å². The van der Waals surface area contributed by atoms with E-state index in [-0.39, 0.29) is 0 Å². The molecule has 1 nitrogen and oxygen atoms in total. The molecule has 0 unspecified atom stereocenters. The van der Waals surface area contributed by atoms with Gasteiger partial charge >= 0.3 is 0 Å². The second-order valence-corrected chi connectivity index (χ2v) is 7.21. The number of benzene rings is 3. The highest BCUT2D eigenvalue weighted by Gasteiger charge is 2.20. The first-order valence-electron chi connectivity index (χ1n) is 7.22. The molecule has 0 spiro atoms. The summed E-state index contributed by atoms with van der Waals surface area (Å²) in [6.45, 7) is 0. The van der Waals surface area contributed by atoms with E-state index in [1.54, 1.807) is 11.8 Å². The molecule has 0 bridgehead atoms. The standard InChI is InChI=1S/C19H15NS2/c1-2-6-16(7-3-1)22-17-12-10-15(11-13-17)20-14-21-19-9-5-4-8-18(19)20/h1-13H,14H2. The molecule has 1 heterocycles. The van der Waals surface area contributed by atoms with Crippen molar-refractivity contribution in [1.82, 2.24) is 0 Å². The molecule has 0 radical (unpaired) electrons. The summed E-state index contributed by atoms with van der Waals surface area (Å²) in [5, 5.41) is 0. The molecule has 3 aromatic carbocycles. The van der Waals surface area contributed by atoms with Gasteiger partial charge in [0.15, 0.2) is 0 Å². The van der Waals surface area contributed by atoms with Crippen LogP contribution < -0.4 is 4.90 Å². The molecule has 0 aromatic heterocycles. The molecule has 0 saturated heterocycles. The zero-order valence-electron chi connectivity index (χ0n) is 12.0.